The van der Waals surface area contributed by atoms with Crippen molar-refractivity contribution in [3.05, 3.63) is 30.3 Å². The van der Waals surface area contributed by atoms with E-state index in [0.29, 0.717) is 0 Å². The number of guanidine groups is 1. The summed E-state index contributed by atoms with van der Waals surface area (Å²) in [6, 6.07) is 10.3. The minimum absolute atomic E-state index is 0.994. The van der Waals surface area contributed by atoms with E-state index in [2.05, 4.69) is 27.7 Å². The quantitative estimate of drug-likeness (QED) is 0.454. The van der Waals surface area contributed by atoms with Crippen LogP contribution in [-0.4, -0.2) is 36.3 Å². The predicted molar refractivity (Wildman–Crippen MR) is 80.3 cm³/mol. The molecule has 0 aromatic heterocycles. The molecule has 4 nitrogen and oxygen atoms in total. The molecule has 3 rings (SSSR count). The molecule has 0 atom stereocenters. The molecule has 0 radical (unpaired) electrons. The Balaban J connectivity index is 1.86. The Kier molecular flexibility index (Phi) is 3.70. The van der Waals surface area contributed by atoms with Gasteiger partial charge in [0.1, 0.15) is 0 Å². The number of rotatable bonds is 1. The predicted octanol–water partition coefficient (Wildman–Crippen LogP) is 1.40. The van der Waals surface area contributed by atoms with Gasteiger partial charge in [0.2, 0.25) is 0 Å². The summed E-state index contributed by atoms with van der Waals surface area (Å²) in [4.78, 5) is 2.35. The highest BCUT2D eigenvalue weighted by Gasteiger charge is 2.24. The summed E-state index contributed by atoms with van der Waals surface area (Å²) in [6.07, 6.45) is 4.78. The van der Waals surface area contributed by atoms with E-state index in [9.17, 15) is 0 Å². The third-order valence-electron chi connectivity index (χ3n) is 3.60. The molecule has 0 saturated carbocycles. The van der Waals surface area contributed by atoms with Gasteiger partial charge in [0.15, 0.2) is 0 Å². The Hall–Kier alpha value is -1.93. The highest BCUT2D eigenvalue weighted by molar-refractivity contribution is 5.97. The third-order valence-corrected chi connectivity index (χ3v) is 3.60. The first-order valence-electron chi connectivity index (χ1n) is 7.17. The van der Waals surface area contributed by atoms with Crippen molar-refractivity contribution in [2.24, 2.45) is 0 Å². The first kappa shape index (κ1) is 12.1. The van der Waals surface area contributed by atoms with Gasteiger partial charge < -0.3 is 5.32 Å². The Labute approximate surface area is 114 Å². The fraction of sp³-hybridized carbons (Fsp3) is 0.467. The lowest BCUT2D eigenvalue weighted by atomic mass is 10.3. The van der Waals surface area contributed by atoms with Crippen LogP contribution in [0.2, 0.25) is 0 Å². The van der Waals surface area contributed by atoms with Gasteiger partial charge in [-0.1, -0.05) is 18.2 Å². The van der Waals surface area contributed by atoms with E-state index < -0.39 is 0 Å². The van der Waals surface area contributed by atoms with Crippen LogP contribution < -0.4 is 15.3 Å². The SMILES string of the molecule is c1ccc(NC(=[N+]=C2CCCN2)N2CCCC2)cc1. The molecule has 2 fully saturated rings. The number of amidine groups is 1. The molecule has 1 aromatic carbocycles. The van der Waals surface area contributed by atoms with Crippen molar-refractivity contribution < 1.29 is 0 Å². The van der Waals surface area contributed by atoms with Gasteiger partial charge in [-0.05, 0) is 31.4 Å². The van der Waals surface area contributed by atoms with Crippen molar-refractivity contribution in [2.75, 3.05) is 25.0 Å². The van der Waals surface area contributed by atoms with Crippen LogP contribution in [0.4, 0.5) is 5.69 Å². The van der Waals surface area contributed by atoms with E-state index in [0.717, 1.165) is 43.5 Å². The molecule has 2 aliphatic rings. The lowest BCUT2D eigenvalue weighted by molar-refractivity contribution is 0.517. The van der Waals surface area contributed by atoms with Crippen molar-refractivity contribution in [3.63, 3.8) is 0 Å². The van der Waals surface area contributed by atoms with Crippen molar-refractivity contribution in [3.8, 4) is 0 Å². The Bertz CT molecular complexity index is 474. The smallest absolute Gasteiger partial charge is 0.313 e. The number of anilines is 1. The number of hydrogen-bond donors (Lipinski definition) is 2. The van der Waals surface area contributed by atoms with Gasteiger partial charge in [-0.15, -0.1) is 0 Å². The van der Waals surface area contributed by atoms with E-state index in [1.54, 1.807) is 0 Å². The maximum atomic E-state index is 4.79. The topological polar surface area (TPSA) is 41.4 Å². The average molecular weight is 257 g/mol. The maximum absolute atomic E-state index is 4.79. The zero-order chi connectivity index (χ0) is 12.9. The standard InChI is InChI=1S/C15H20N4/c1-2-7-13(8-3-1)17-15(19-11-4-5-12-19)18-14-9-6-10-16-14/h1-3,7-8H,4-6,9-12H2,(H,16,17,18)/p+1. The molecule has 2 saturated heterocycles. The Morgan fingerprint density at radius 1 is 1.11 bits per heavy atom. The molecular formula is C15H21N4+. The molecule has 4 heteroatoms. The fourth-order valence-electron chi connectivity index (χ4n) is 2.56. The van der Waals surface area contributed by atoms with E-state index in [1.165, 1.54) is 19.3 Å². The van der Waals surface area contributed by atoms with Crippen molar-refractivity contribution in [1.82, 2.24) is 14.9 Å². The molecule has 1 aromatic rings. The minimum Gasteiger partial charge on any atom is -0.313 e. The van der Waals surface area contributed by atoms with Crippen LogP contribution in [0.15, 0.2) is 30.3 Å². The molecule has 2 N–H and O–H groups in total. The molecule has 0 spiro atoms. The largest absolute Gasteiger partial charge is 0.401 e. The van der Waals surface area contributed by atoms with Gasteiger partial charge >= 0.3 is 5.96 Å². The van der Waals surface area contributed by atoms with Crippen LogP contribution in [0.3, 0.4) is 0 Å². The summed E-state index contributed by atoms with van der Waals surface area (Å²) in [5.41, 5.74) is 1.10. The number of nitrogens with zero attached hydrogens (tertiary/aromatic N) is 2. The van der Waals surface area contributed by atoms with E-state index >= 15 is 0 Å². The van der Waals surface area contributed by atoms with Crippen LogP contribution in [-0.2, 0) is 0 Å². The molecule has 0 bridgehead atoms. The van der Waals surface area contributed by atoms with Crippen LogP contribution in [0, 0.1) is 0 Å². The van der Waals surface area contributed by atoms with Crippen molar-refractivity contribution in [1.29, 1.82) is 0 Å². The second-order valence-corrected chi connectivity index (χ2v) is 5.10. The van der Waals surface area contributed by atoms with Crippen molar-refractivity contribution >= 4 is 17.5 Å². The van der Waals surface area contributed by atoms with Gasteiger partial charge in [0.05, 0.1) is 25.3 Å². The highest BCUT2D eigenvalue weighted by atomic mass is 15.3. The van der Waals surface area contributed by atoms with Gasteiger partial charge in [-0.3, -0.25) is 10.2 Å². The number of benzene rings is 1. The summed E-state index contributed by atoms with van der Waals surface area (Å²) >= 11 is 0. The van der Waals surface area contributed by atoms with Gasteiger partial charge in [0, 0.05) is 6.42 Å². The zero-order valence-electron chi connectivity index (χ0n) is 11.2. The number of likely N-dealkylation sites (tertiary alicyclic amines) is 1. The molecule has 0 unspecified atom stereocenters. The molecular weight excluding hydrogens is 236 g/mol. The number of hydrogen-bond acceptors (Lipinski definition) is 0. The second kappa shape index (κ2) is 5.81. The zero-order valence-corrected chi connectivity index (χ0v) is 11.2. The molecule has 0 aliphatic carbocycles. The van der Waals surface area contributed by atoms with Crippen LogP contribution in [0.5, 0.6) is 0 Å². The molecule has 2 aliphatic heterocycles. The fourth-order valence-corrected chi connectivity index (χ4v) is 2.56. The van der Waals surface area contributed by atoms with Crippen LogP contribution >= 0.6 is 0 Å². The summed E-state index contributed by atoms with van der Waals surface area (Å²) in [6.45, 7) is 3.26. The Morgan fingerprint density at radius 2 is 1.89 bits per heavy atom. The monoisotopic (exact) mass is 257 g/mol. The van der Waals surface area contributed by atoms with Crippen LogP contribution in [0.1, 0.15) is 25.7 Å². The summed E-state index contributed by atoms with van der Waals surface area (Å²) in [5, 5.41) is 6.82. The number of para-hydroxylation sites is 1. The van der Waals surface area contributed by atoms with Gasteiger partial charge in [-0.2, -0.15) is 0 Å². The van der Waals surface area contributed by atoms with E-state index in [1.807, 2.05) is 18.2 Å². The highest BCUT2D eigenvalue weighted by Crippen LogP contribution is 2.10. The first-order valence-corrected chi connectivity index (χ1v) is 7.17. The minimum atomic E-state index is 0.994. The van der Waals surface area contributed by atoms with E-state index in [-0.39, 0.29) is 0 Å². The second-order valence-electron chi connectivity index (χ2n) is 5.10. The summed E-state index contributed by atoms with van der Waals surface area (Å²) in [7, 11) is 0. The first-order chi connectivity index (χ1) is 9.42. The molecule has 2 heterocycles. The van der Waals surface area contributed by atoms with E-state index in [4.69, 9.17) is 4.67 Å². The Morgan fingerprint density at radius 3 is 2.58 bits per heavy atom. The van der Waals surface area contributed by atoms with Crippen LogP contribution in [0.25, 0.3) is 0 Å². The lowest BCUT2D eigenvalue weighted by Gasteiger charge is -2.12. The lowest BCUT2D eigenvalue weighted by Crippen LogP contribution is -2.37. The normalized spacial score (nSPS) is 18.1. The molecule has 19 heavy (non-hydrogen) atoms. The van der Waals surface area contributed by atoms with Gasteiger partial charge in [0.25, 0.3) is 5.84 Å². The van der Waals surface area contributed by atoms with Gasteiger partial charge in [-0.25, -0.2) is 4.67 Å². The molecule has 0 amide bonds. The van der Waals surface area contributed by atoms with Crippen molar-refractivity contribution in [2.45, 2.75) is 25.7 Å². The number of nitrogens with one attached hydrogen (secondary N) is 2. The third kappa shape index (κ3) is 3.09. The summed E-state index contributed by atoms with van der Waals surface area (Å²) in [5.74, 6) is 2.11. The summed E-state index contributed by atoms with van der Waals surface area (Å²) < 4.78 is 4.79. The molecule has 100 valence electrons. The average Bonchev–Trinajstić information content (AvgIpc) is 3.12. The maximum Gasteiger partial charge on any atom is 0.401 e.